The maximum absolute atomic E-state index is 12.3. The average molecular weight is 398 g/mol. The van der Waals surface area contributed by atoms with E-state index in [-0.39, 0.29) is 12.3 Å². The van der Waals surface area contributed by atoms with Crippen molar-refractivity contribution in [3.8, 4) is 5.82 Å². The van der Waals surface area contributed by atoms with Crippen molar-refractivity contribution in [3.05, 3.63) is 66.9 Å². The molecule has 0 amide bonds. The minimum atomic E-state index is -3.54. The number of fused-ring (bicyclic) bond motifs is 1. The minimum absolute atomic E-state index is 0.209. The number of nitrogens with zero attached hydrogens (tertiary/aromatic N) is 4. The first-order valence-corrected chi connectivity index (χ1v) is 10.3. The smallest absolute Gasteiger partial charge is 0.217 e. The number of sulfonamides is 1. The highest BCUT2D eigenvalue weighted by molar-refractivity contribution is 7.88. The zero-order valence-electron chi connectivity index (χ0n) is 14.8. The van der Waals surface area contributed by atoms with Crippen molar-refractivity contribution in [1.82, 2.24) is 24.4 Å². The van der Waals surface area contributed by atoms with Crippen LogP contribution in [-0.2, 0) is 15.8 Å². The maximum Gasteiger partial charge on any atom is 0.217 e. The number of hydrogen-bond acceptors (Lipinski definition) is 7. The summed E-state index contributed by atoms with van der Waals surface area (Å²) >= 11 is 0. The lowest BCUT2D eigenvalue weighted by atomic mass is 10.2. The van der Waals surface area contributed by atoms with Crippen LogP contribution in [0.15, 0.2) is 65.7 Å². The fraction of sp³-hybridized carbons (Fsp3) is 0.167. The molecule has 0 aliphatic carbocycles. The SMILES string of the molecule is O=S(=O)(Cc1noc2ccccc12)NCCNc1cc(-n2cccc2)ncn1. The first kappa shape index (κ1) is 18.1. The van der Waals surface area contributed by atoms with Crippen LogP contribution in [0.2, 0.25) is 0 Å². The van der Waals surface area contributed by atoms with Crippen LogP contribution in [0.4, 0.5) is 5.82 Å². The Morgan fingerprint density at radius 2 is 1.86 bits per heavy atom. The summed E-state index contributed by atoms with van der Waals surface area (Å²) < 4.78 is 34.2. The molecule has 1 aromatic carbocycles. The first-order chi connectivity index (χ1) is 13.6. The van der Waals surface area contributed by atoms with Gasteiger partial charge in [0.05, 0.1) is 0 Å². The molecule has 0 saturated carbocycles. The Kier molecular flexibility index (Phi) is 5.04. The third-order valence-electron chi connectivity index (χ3n) is 4.05. The lowest BCUT2D eigenvalue weighted by Crippen LogP contribution is -2.30. The van der Waals surface area contributed by atoms with E-state index >= 15 is 0 Å². The van der Waals surface area contributed by atoms with E-state index in [1.165, 1.54) is 6.33 Å². The highest BCUT2D eigenvalue weighted by Crippen LogP contribution is 2.19. The standard InChI is InChI=1S/C18H18N6O3S/c25-28(26,12-15-14-5-1-2-6-16(14)27-23-15)22-8-7-19-17-11-18(21-13-20-17)24-9-3-4-10-24/h1-6,9-11,13,22H,7-8,12H2,(H,19,20,21). The molecule has 0 aliphatic heterocycles. The van der Waals surface area contributed by atoms with Gasteiger partial charge in [-0.25, -0.2) is 23.1 Å². The van der Waals surface area contributed by atoms with E-state index in [1.54, 1.807) is 18.2 Å². The Labute approximate surface area is 161 Å². The van der Waals surface area contributed by atoms with Crippen LogP contribution in [0.5, 0.6) is 0 Å². The molecule has 0 bridgehead atoms. The zero-order chi connectivity index (χ0) is 19.4. The molecule has 2 N–H and O–H groups in total. The number of para-hydroxylation sites is 1. The predicted molar refractivity (Wildman–Crippen MR) is 104 cm³/mol. The third-order valence-corrected chi connectivity index (χ3v) is 5.35. The molecule has 3 heterocycles. The second-order valence-corrected chi connectivity index (χ2v) is 7.86. The van der Waals surface area contributed by atoms with Crippen LogP contribution >= 0.6 is 0 Å². The Bertz CT molecular complexity index is 1170. The lowest BCUT2D eigenvalue weighted by molar-refractivity contribution is 0.448. The molecule has 4 aromatic rings. The number of benzene rings is 1. The van der Waals surface area contributed by atoms with Crippen molar-refractivity contribution in [1.29, 1.82) is 0 Å². The fourth-order valence-electron chi connectivity index (χ4n) is 2.74. The summed E-state index contributed by atoms with van der Waals surface area (Å²) in [7, 11) is -3.54. The van der Waals surface area contributed by atoms with Crippen LogP contribution in [0.25, 0.3) is 16.8 Å². The summed E-state index contributed by atoms with van der Waals surface area (Å²) in [5.74, 6) is 1.09. The molecule has 4 rings (SSSR count). The largest absolute Gasteiger partial charge is 0.369 e. The molecule has 0 spiro atoms. The molecule has 28 heavy (non-hydrogen) atoms. The van der Waals surface area contributed by atoms with Gasteiger partial charge in [-0.3, -0.25) is 0 Å². The number of hydrogen-bond donors (Lipinski definition) is 2. The molecule has 0 radical (unpaired) electrons. The Hall–Kier alpha value is -3.24. The zero-order valence-corrected chi connectivity index (χ0v) is 15.6. The van der Waals surface area contributed by atoms with E-state index in [9.17, 15) is 8.42 Å². The molecule has 3 aromatic heterocycles. The number of aromatic nitrogens is 4. The van der Waals surface area contributed by atoms with Gasteiger partial charge in [0.2, 0.25) is 10.0 Å². The molecular formula is C18H18N6O3S. The predicted octanol–water partition coefficient (Wildman–Crippen LogP) is 1.94. The third kappa shape index (κ3) is 4.18. The van der Waals surface area contributed by atoms with E-state index in [4.69, 9.17) is 4.52 Å². The van der Waals surface area contributed by atoms with Crippen LogP contribution in [0.1, 0.15) is 5.69 Å². The van der Waals surface area contributed by atoms with Gasteiger partial charge in [-0.05, 0) is 24.3 Å². The van der Waals surface area contributed by atoms with Crippen LogP contribution in [0.3, 0.4) is 0 Å². The van der Waals surface area contributed by atoms with Gasteiger partial charge in [0.25, 0.3) is 0 Å². The summed E-state index contributed by atoms with van der Waals surface area (Å²) in [6.45, 7) is 0.585. The topological polar surface area (TPSA) is 115 Å². The lowest BCUT2D eigenvalue weighted by Gasteiger charge is -2.09. The fourth-order valence-corrected chi connectivity index (χ4v) is 3.83. The van der Waals surface area contributed by atoms with E-state index in [2.05, 4.69) is 25.2 Å². The van der Waals surface area contributed by atoms with Gasteiger partial charge in [0.15, 0.2) is 5.58 Å². The Morgan fingerprint density at radius 3 is 2.71 bits per heavy atom. The average Bonchev–Trinajstić information content (AvgIpc) is 3.36. The molecule has 0 saturated heterocycles. The van der Waals surface area contributed by atoms with E-state index in [1.807, 2.05) is 41.2 Å². The van der Waals surface area contributed by atoms with Crippen molar-refractivity contribution in [2.24, 2.45) is 0 Å². The van der Waals surface area contributed by atoms with Crippen LogP contribution < -0.4 is 10.0 Å². The van der Waals surface area contributed by atoms with E-state index in [0.717, 1.165) is 5.82 Å². The van der Waals surface area contributed by atoms with Gasteiger partial charge in [-0.1, -0.05) is 17.3 Å². The molecule has 10 heteroatoms. The summed E-state index contributed by atoms with van der Waals surface area (Å²) in [5, 5.41) is 7.64. The highest BCUT2D eigenvalue weighted by Gasteiger charge is 2.16. The van der Waals surface area contributed by atoms with Crippen LogP contribution in [0, 0.1) is 0 Å². The van der Waals surface area contributed by atoms with Crippen LogP contribution in [-0.4, -0.2) is 41.2 Å². The molecule has 0 unspecified atom stereocenters. The van der Waals surface area contributed by atoms with E-state index < -0.39 is 10.0 Å². The quantitative estimate of drug-likeness (QED) is 0.436. The summed E-state index contributed by atoms with van der Waals surface area (Å²) in [4.78, 5) is 8.34. The molecule has 0 fully saturated rings. The maximum atomic E-state index is 12.3. The van der Waals surface area contributed by atoms with Gasteiger partial charge in [-0.15, -0.1) is 0 Å². The molecule has 144 valence electrons. The van der Waals surface area contributed by atoms with Crippen molar-refractivity contribution in [2.75, 3.05) is 18.4 Å². The van der Waals surface area contributed by atoms with Crippen molar-refractivity contribution < 1.29 is 12.9 Å². The van der Waals surface area contributed by atoms with Gasteiger partial charge < -0.3 is 14.4 Å². The number of anilines is 1. The van der Waals surface area contributed by atoms with E-state index in [0.29, 0.717) is 29.0 Å². The minimum Gasteiger partial charge on any atom is -0.369 e. The molecule has 9 nitrogen and oxygen atoms in total. The number of rotatable bonds is 8. The molecule has 0 atom stereocenters. The van der Waals surface area contributed by atoms with Gasteiger partial charge in [0.1, 0.15) is 29.4 Å². The highest BCUT2D eigenvalue weighted by atomic mass is 32.2. The second-order valence-electron chi connectivity index (χ2n) is 6.06. The van der Waals surface area contributed by atoms with Crippen molar-refractivity contribution in [3.63, 3.8) is 0 Å². The number of nitrogens with one attached hydrogen (secondary N) is 2. The molecular weight excluding hydrogens is 380 g/mol. The second kappa shape index (κ2) is 7.79. The van der Waals surface area contributed by atoms with Crippen molar-refractivity contribution >= 4 is 26.8 Å². The summed E-state index contributed by atoms with van der Waals surface area (Å²) in [6.07, 6.45) is 5.22. The monoisotopic (exact) mass is 398 g/mol. The van der Waals surface area contributed by atoms with Gasteiger partial charge in [-0.2, -0.15) is 0 Å². The van der Waals surface area contributed by atoms with Gasteiger partial charge in [0, 0.05) is 36.9 Å². The first-order valence-electron chi connectivity index (χ1n) is 8.61. The Balaban J connectivity index is 1.32. The Morgan fingerprint density at radius 1 is 1.04 bits per heavy atom. The summed E-state index contributed by atoms with van der Waals surface area (Å²) in [5.41, 5.74) is 0.958. The molecule has 0 aliphatic rings. The van der Waals surface area contributed by atoms with Gasteiger partial charge >= 0.3 is 0 Å². The van der Waals surface area contributed by atoms with Crippen molar-refractivity contribution in [2.45, 2.75) is 5.75 Å². The summed E-state index contributed by atoms with van der Waals surface area (Å²) in [6, 6.07) is 12.8. The normalized spacial score (nSPS) is 11.7.